The van der Waals surface area contributed by atoms with Crippen molar-refractivity contribution in [2.45, 2.75) is 6.92 Å². The fraction of sp³-hybridized carbons (Fsp3) is 0.0667. The van der Waals surface area contributed by atoms with Crippen LogP contribution < -0.4 is 10.5 Å². The van der Waals surface area contributed by atoms with E-state index in [0.717, 1.165) is 16.5 Å². The van der Waals surface area contributed by atoms with Gasteiger partial charge in [0, 0.05) is 16.8 Å². The molecule has 1 heterocycles. The highest BCUT2D eigenvalue weighted by molar-refractivity contribution is 5.88. The molecule has 0 fully saturated rings. The second-order valence-electron chi connectivity index (χ2n) is 4.42. The molecule has 0 aliphatic rings. The first-order valence-corrected chi connectivity index (χ1v) is 6.10. The number of aryl methyl sites for hydroxylation is 1. The van der Waals surface area contributed by atoms with Crippen LogP contribution >= 0.6 is 0 Å². The molecule has 4 nitrogen and oxygen atoms in total. The molecule has 3 aromatic rings. The SMILES string of the molecule is Cc1nnc(Oc2ccc(N)c(F)c2)c2ccccc12. The van der Waals surface area contributed by atoms with Crippen LogP contribution in [0.3, 0.4) is 0 Å². The monoisotopic (exact) mass is 269 g/mol. The average molecular weight is 269 g/mol. The van der Waals surface area contributed by atoms with Gasteiger partial charge >= 0.3 is 0 Å². The zero-order valence-corrected chi connectivity index (χ0v) is 10.8. The quantitative estimate of drug-likeness (QED) is 0.724. The standard InChI is InChI=1S/C15H12FN3O/c1-9-11-4-2-3-5-12(11)15(19-18-9)20-10-6-7-14(17)13(16)8-10/h2-8H,17H2,1H3. The van der Waals surface area contributed by atoms with Gasteiger partial charge in [-0.3, -0.25) is 0 Å². The molecule has 0 radical (unpaired) electrons. The summed E-state index contributed by atoms with van der Waals surface area (Å²) in [5.74, 6) is 0.155. The lowest BCUT2D eigenvalue weighted by molar-refractivity contribution is 0.457. The minimum Gasteiger partial charge on any atom is -0.437 e. The van der Waals surface area contributed by atoms with E-state index in [1.165, 1.54) is 12.1 Å². The molecule has 0 saturated carbocycles. The van der Waals surface area contributed by atoms with Gasteiger partial charge in [-0.15, -0.1) is 5.10 Å². The molecule has 20 heavy (non-hydrogen) atoms. The summed E-state index contributed by atoms with van der Waals surface area (Å²) in [6, 6.07) is 11.9. The highest BCUT2D eigenvalue weighted by Gasteiger charge is 2.09. The Bertz CT molecular complexity index is 789. The fourth-order valence-corrected chi connectivity index (χ4v) is 1.97. The van der Waals surface area contributed by atoms with Crippen molar-refractivity contribution in [1.29, 1.82) is 0 Å². The molecule has 2 N–H and O–H groups in total. The molecule has 0 bridgehead atoms. The normalized spacial score (nSPS) is 10.7. The minimum absolute atomic E-state index is 0.0807. The Balaban J connectivity index is 2.06. The highest BCUT2D eigenvalue weighted by atomic mass is 19.1. The molecule has 3 rings (SSSR count). The van der Waals surface area contributed by atoms with Gasteiger partial charge in [0.1, 0.15) is 11.6 Å². The third-order valence-corrected chi connectivity index (χ3v) is 3.02. The summed E-state index contributed by atoms with van der Waals surface area (Å²) in [6.07, 6.45) is 0. The Hall–Kier alpha value is -2.69. The van der Waals surface area contributed by atoms with E-state index in [-0.39, 0.29) is 5.69 Å². The van der Waals surface area contributed by atoms with Crippen molar-refractivity contribution in [2.24, 2.45) is 0 Å². The molecular weight excluding hydrogens is 257 g/mol. The van der Waals surface area contributed by atoms with Crippen LogP contribution in [0, 0.1) is 12.7 Å². The highest BCUT2D eigenvalue weighted by Crippen LogP contribution is 2.29. The van der Waals surface area contributed by atoms with Crippen molar-refractivity contribution in [2.75, 3.05) is 5.73 Å². The van der Waals surface area contributed by atoms with E-state index >= 15 is 0 Å². The van der Waals surface area contributed by atoms with Gasteiger partial charge < -0.3 is 10.5 Å². The molecule has 5 heteroatoms. The van der Waals surface area contributed by atoms with Gasteiger partial charge in [0.2, 0.25) is 5.88 Å². The van der Waals surface area contributed by atoms with Crippen LogP contribution in [0.2, 0.25) is 0 Å². The first-order valence-electron chi connectivity index (χ1n) is 6.10. The summed E-state index contributed by atoms with van der Waals surface area (Å²) in [5, 5.41) is 9.86. The molecule has 2 aromatic carbocycles. The number of ether oxygens (including phenoxy) is 1. The van der Waals surface area contributed by atoms with Crippen molar-refractivity contribution in [1.82, 2.24) is 10.2 Å². The molecule has 1 aromatic heterocycles. The number of aromatic nitrogens is 2. The number of rotatable bonds is 2. The van der Waals surface area contributed by atoms with Gasteiger partial charge in [-0.25, -0.2) is 4.39 Å². The summed E-state index contributed by atoms with van der Waals surface area (Å²) in [5.41, 5.74) is 6.33. The molecule has 0 saturated heterocycles. The van der Waals surface area contributed by atoms with E-state index in [1.54, 1.807) is 6.07 Å². The number of anilines is 1. The first kappa shape index (κ1) is 12.3. The Morgan fingerprint density at radius 2 is 1.80 bits per heavy atom. The van der Waals surface area contributed by atoms with Crippen molar-refractivity contribution in [3.05, 3.63) is 54.0 Å². The topological polar surface area (TPSA) is 61.0 Å². The van der Waals surface area contributed by atoms with Gasteiger partial charge in [-0.05, 0) is 25.1 Å². The Labute approximate surface area is 115 Å². The summed E-state index contributed by atoms with van der Waals surface area (Å²) in [6.45, 7) is 1.88. The molecule has 0 amide bonds. The van der Waals surface area contributed by atoms with Gasteiger partial charge in [0.15, 0.2) is 0 Å². The summed E-state index contributed by atoms with van der Waals surface area (Å²) in [7, 11) is 0. The molecule has 0 atom stereocenters. The molecule has 0 aliphatic heterocycles. The largest absolute Gasteiger partial charge is 0.437 e. The molecule has 0 unspecified atom stereocenters. The smallest absolute Gasteiger partial charge is 0.246 e. The predicted molar refractivity (Wildman–Crippen MR) is 75.2 cm³/mol. The lowest BCUT2D eigenvalue weighted by Gasteiger charge is -2.09. The van der Waals surface area contributed by atoms with E-state index in [9.17, 15) is 4.39 Å². The minimum atomic E-state index is -0.521. The Morgan fingerprint density at radius 3 is 2.55 bits per heavy atom. The third-order valence-electron chi connectivity index (χ3n) is 3.02. The van der Waals surface area contributed by atoms with Crippen LogP contribution in [-0.2, 0) is 0 Å². The van der Waals surface area contributed by atoms with E-state index in [1.807, 2.05) is 31.2 Å². The van der Waals surface area contributed by atoms with Crippen LogP contribution in [0.25, 0.3) is 10.8 Å². The summed E-state index contributed by atoms with van der Waals surface area (Å²) in [4.78, 5) is 0. The number of fused-ring (bicyclic) bond motifs is 1. The Morgan fingerprint density at radius 1 is 1.05 bits per heavy atom. The van der Waals surface area contributed by atoms with E-state index < -0.39 is 5.82 Å². The van der Waals surface area contributed by atoms with Crippen molar-refractivity contribution in [3.8, 4) is 11.6 Å². The van der Waals surface area contributed by atoms with Crippen LogP contribution in [0.4, 0.5) is 10.1 Å². The second kappa shape index (κ2) is 4.77. The van der Waals surface area contributed by atoms with Crippen LogP contribution in [0.1, 0.15) is 5.69 Å². The lowest BCUT2D eigenvalue weighted by Crippen LogP contribution is -1.96. The molecular formula is C15H12FN3O. The zero-order valence-electron chi connectivity index (χ0n) is 10.8. The van der Waals surface area contributed by atoms with Crippen LogP contribution in [-0.4, -0.2) is 10.2 Å². The van der Waals surface area contributed by atoms with Gasteiger partial charge in [-0.1, -0.05) is 18.2 Å². The number of hydrogen-bond donors (Lipinski definition) is 1. The average Bonchev–Trinajstić information content (AvgIpc) is 2.46. The van der Waals surface area contributed by atoms with Crippen molar-refractivity contribution < 1.29 is 9.13 Å². The van der Waals surface area contributed by atoms with Crippen LogP contribution in [0.5, 0.6) is 11.6 Å². The second-order valence-corrected chi connectivity index (χ2v) is 4.42. The fourth-order valence-electron chi connectivity index (χ4n) is 1.97. The maximum Gasteiger partial charge on any atom is 0.246 e. The van der Waals surface area contributed by atoms with Crippen molar-refractivity contribution in [3.63, 3.8) is 0 Å². The first-order chi connectivity index (χ1) is 9.65. The molecule has 0 spiro atoms. The van der Waals surface area contributed by atoms with Crippen molar-refractivity contribution >= 4 is 16.5 Å². The third kappa shape index (κ3) is 2.14. The number of nitrogen functional groups attached to an aromatic ring is 1. The molecule has 0 aliphatic carbocycles. The lowest BCUT2D eigenvalue weighted by atomic mass is 10.1. The van der Waals surface area contributed by atoms with Gasteiger partial charge in [0.25, 0.3) is 0 Å². The Kier molecular flexibility index (Phi) is 2.95. The van der Waals surface area contributed by atoms with E-state index in [2.05, 4.69) is 10.2 Å². The number of benzene rings is 2. The molecule has 100 valence electrons. The summed E-state index contributed by atoms with van der Waals surface area (Å²) < 4.78 is 19.0. The number of hydrogen-bond acceptors (Lipinski definition) is 4. The zero-order chi connectivity index (χ0) is 14.1. The van der Waals surface area contributed by atoms with E-state index in [4.69, 9.17) is 10.5 Å². The van der Waals surface area contributed by atoms with Gasteiger partial charge in [-0.2, -0.15) is 5.10 Å². The maximum atomic E-state index is 13.4. The summed E-state index contributed by atoms with van der Waals surface area (Å²) >= 11 is 0. The van der Waals surface area contributed by atoms with Crippen LogP contribution in [0.15, 0.2) is 42.5 Å². The maximum absolute atomic E-state index is 13.4. The number of halogens is 1. The van der Waals surface area contributed by atoms with Gasteiger partial charge in [0.05, 0.1) is 11.4 Å². The van der Waals surface area contributed by atoms with E-state index in [0.29, 0.717) is 11.6 Å². The number of nitrogens with two attached hydrogens (primary N) is 1. The number of nitrogens with zero attached hydrogens (tertiary/aromatic N) is 2. The predicted octanol–water partition coefficient (Wildman–Crippen LogP) is 3.45.